The second kappa shape index (κ2) is 4.86. The SMILES string of the molecule is Cc1cc(Cl)c(-c2cccc(CN)c2)cc1F. The number of hydrogen-bond acceptors (Lipinski definition) is 1. The van der Waals surface area contributed by atoms with Gasteiger partial charge in [-0.25, -0.2) is 4.39 Å². The van der Waals surface area contributed by atoms with Crippen LogP contribution in [-0.2, 0) is 6.54 Å². The van der Waals surface area contributed by atoms with E-state index < -0.39 is 0 Å². The van der Waals surface area contributed by atoms with Crippen molar-refractivity contribution in [2.24, 2.45) is 5.73 Å². The molecule has 0 heterocycles. The lowest BCUT2D eigenvalue weighted by atomic mass is 10.0. The molecule has 0 aliphatic carbocycles. The van der Waals surface area contributed by atoms with Gasteiger partial charge in [0.2, 0.25) is 0 Å². The molecule has 0 bridgehead atoms. The van der Waals surface area contributed by atoms with Gasteiger partial charge in [0, 0.05) is 17.1 Å². The standard InChI is InChI=1S/C14H13ClFN/c1-9-5-13(15)12(7-14(9)16)11-4-2-3-10(6-11)8-17/h2-7H,8,17H2,1H3. The third-order valence-corrected chi connectivity index (χ3v) is 3.03. The molecule has 0 radical (unpaired) electrons. The molecule has 0 saturated carbocycles. The fourth-order valence-electron chi connectivity index (χ4n) is 1.73. The van der Waals surface area contributed by atoms with Crippen molar-refractivity contribution in [1.82, 2.24) is 0 Å². The zero-order valence-electron chi connectivity index (χ0n) is 9.50. The summed E-state index contributed by atoms with van der Waals surface area (Å²) in [4.78, 5) is 0. The second-order valence-electron chi connectivity index (χ2n) is 3.99. The third-order valence-electron chi connectivity index (χ3n) is 2.72. The van der Waals surface area contributed by atoms with Crippen LogP contribution < -0.4 is 5.73 Å². The summed E-state index contributed by atoms with van der Waals surface area (Å²) in [5.41, 5.74) is 8.72. The first-order chi connectivity index (χ1) is 8.11. The number of hydrogen-bond donors (Lipinski definition) is 1. The first-order valence-electron chi connectivity index (χ1n) is 5.37. The molecule has 2 rings (SSSR count). The van der Waals surface area contributed by atoms with Crippen LogP contribution in [0.5, 0.6) is 0 Å². The highest BCUT2D eigenvalue weighted by Crippen LogP contribution is 2.30. The molecule has 2 N–H and O–H groups in total. The Kier molecular flexibility index (Phi) is 3.46. The molecule has 2 aromatic rings. The summed E-state index contributed by atoms with van der Waals surface area (Å²) in [5.74, 6) is -0.248. The highest BCUT2D eigenvalue weighted by Gasteiger charge is 2.08. The predicted molar refractivity (Wildman–Crippen MR) is 69.5 cm³/mol. The molecule has 0 atom stereocenters. The normalized spacial score (nSPS) is 10.6. The van der Waals surface area contributed by atoms with E-state index in [2.05, 4.69) is 0 Å². The smallest absolute Gasteiger partial charge is 0.126 e. The Morgan fingerprint density at radius 3 is 2.71 bits per heavy atom. The van der Waals surface area contributed by atoms with Crippen LogP contribution in [-0.4, -0.2) is 0 Å². The first kappa shape index (κ1) is 12.1. The largest absolute Gasteiger partial charge is 0.326 e. The maximum atomic E-state index is 13.5. The zero-order valence-corrected chi connectivity index (χ0v) is 10.3. The van der Waals surface area contributed by atoms with Gasteiger partial charge in [-0.05, 0) is 41.8 Å². The van der Waals surface area contributed by atoms with Crippen molar-refractivity contribution in [3.05, 3.63) is 58.4 Å². The molecule has 0 aliphatic rings. The van der Waals surface area contributed by atoms with Crippen LogP contribution in [0.4, 0.5) is 4.39 Å². The predicted octanol–water partition coefficient (Wildman–Crippen LogP) is 3.91. The Morgan fingerprint density at radius 2 is 2.00 bits per heavy atom. The van der Waals surface area contributed by atoms with E-state index >= 15 is 0 Å². The van der Waals surface area contributed by atoms with Crippen LogP contribution in [0.2, 0.25) is 5.02 Å². The Hall–Kier alpha value is -1.38. The summed E-state index contributed by atoms with van der Waals surface area (Å²) in [5, 5.41) is 0.554. The highest BCUT2D eigenvalue weighted by atomic mass is 35.5. The van der Waals surface area contributed by atoms with E-state index in [-0.39, 0.29) is 5.82 Å². The minimum Gasteiger partial charge on any atom is -0.326 e. The molecule has 2 aromatic carbocycles. The summed E-state index contributed by atoms with van der Waals surface area (Å²) >= 11 is 6.13. The van der Waals surface area contributed by atoms with E-state index in [9.17, 15) is 4.39 Å². The van der Waals surface area contributed by atoms with Gasteiger partial charge in [-0.15, -0.1) is 0 Å². The first-order valence-corrected chi connectivity index (χ1v) is 5.74. The van der Waals surface area contributed by atoms with E-state index in [1.54, 1.807) is 13.0 Å². The monoisotopic (exact) mass is 249 g/mol. The van der Waals surface area contributed by atoms with Crippen molar-refractivity contribution in [3.63, 3.8) is 0 Å². The molecule has 0 aliphatic heterocycles. The molecule has 0 unspecified atom stereocenters. The maximum Gasteiger partial charge on any atom is 0.126 e. The van der Waals surface area contributed by atoms with Gasteiger partial charge in [0.25, 0.3) is 0 Å². The van der Waals surface area contributed by atoms with Crippen molar-refractivity contribution in [3.8, 4) is 11.1 Å². The average Bonchev–Trinajstić information content (AvgIpc) is 2.34. The lowest BCUT2D eigenvalue weighted by molar-refractivity contribution is 0.619. The second-order valence-corrected chi connectivity index (χ2v) is 4.39. The van der Waals surface area contributed by atoms with Crippen LogP contribution >= 0.6 is 11.6 Å². The van der Waals surface area contributed by atoms with Gasteiger partial charge in [-0.1, -0.05) is 29.8 Å². The molecular formula is C14H13ClFN. The minimum atomic E-state index is -0.248. The van der Waals surface area contributed by atoms with Crippen LogP contribution in [0, 0.1) is 12.7 Å². The van der Waals surface area contributed by atoms with Gasteiger partial charge < -0.3 is 5.73 Å². The fourth-order valence-corrected chi connectivity index (χ4v) is 2.06. The molecule has 0 saturated heterocycles. The van der Waals surface area contributed by atoms with Crippen LogP contribution in [0.15, 0.2) is 36.4 Å². The van der Waals surface area contributed by atoms with Crippen molar-refractivity contribution in [2.45, 2.75) is 13.5 Å². The Labute approximate surface area is 105 Å². The highest BCUT2D eigenvalue weighted by molar-refractivity contribution is 6.33. The fraction of sp³-hybridized carbons (Fsp3) is 0.143. The lowest BCUT2D eigenvalue weighted by Crippen LogP contribution is -1.96. The van der Waals surface area contributed by atoms with Gasteiger partial charge >= 0.3 is 0 Å². The molecule has 1 nitrogen and oxygen atoms in total. The van der Waals surface area contributed by atoms with E-state index in [1.807, 2.05) is 24.3 Å². The summed E-state index contributed by atoms with van der Waals surface area (Å²) in [6.07, 6.45) is 0. The van der Waals surface area contributed by atoms with Gasteiger partial charge in [-0.2, -0.15) is 0 Å². The summed E-state index contributed by atoms with van der Waals surface area (Å²) in [7, 11) is 0. The molecule has 3 heteroatoms. The van der Waals surface area contributed by atoms with Gasteiger partial charge in [-0.3, -0.25) is 0 Å². The van der Waals surface area contributed by atoms with Crippen LogP contribution in [0.25, 0.3) is 11.1 Å². The van der Waals surface area contributed by atoms with Crippen molar-refractivity contribution < 1.29 is 4.39 Å². The van der Waals surface area contributed by atoms with Gasteiger partial charge in [0.15, 0.2) is 0 Å². The Morgan fingerprint density at radius 1 is 1.24 bits per heavy atom. The minimum absolute atomic E-state index is 0.248. The molecule has 17 heavy (non-hydrogen) atoms. The Balaban J connectivity index is 2.56. The topological polar surface area (TPSA) is 26.0 Å². The molecular weight excluding hydrogens is 237 g/mol. The lowest BCUT2D eigenvalue weighted by Gasteiger charge is -2.08. The van der Waals surface area contributed by atoms with Gasteiger partial charge in [0.1, 0.15) is 5.82 Å². The van der Waals surface area contributed by atoms with E-state index in [1.165, 1.54) is 6.07 Å². The summed E-state index contributed by atoms with van der Waals surface area (Å²) in [6, 6.07) is 10.8. The summed E-state index contributed by atoms with van der Waals surface area (Å²) in [6.45, 7) is 2.15. The quantitative estimate of drug-likeness (QED) is 0.858. The van der Waals surface area contributed by atoms with Crippen molar-refractivity contribution >= 4 is 11.6 Å². The molecule has 0 aromatic heterocycles. The molecule has 88 valence electrons. The van der Waals surface area contributed by atoms with Crippen LogP contribution in [0.1, 0.15) is 11.1 Å². The zero-order chi connectivity index (χ0) is 12.4. The number of aryl methyl sites for hydroxylation is 1. The summed E-state index contributed by atoms with van der Waals surface area (Å²) < 4.78 is 13.5. The number of rotatable bonds is 2. The van der Waals surface area contributed by atoms with Crippen molar-refractivity contribution in [1.29, 1.82) is 0 Å². The average molecular weight is 250 g/mol. The van der Waals surface area contributed by atoms with E-state index in [0.29, 0.717) is 22.7 Å². The number of nitrogens with two attached hydrogens (primary N) is 1. The van der Waals surface area contributed by atoms with E-state index in [4.69, 9.17) is 17.3 Å². The van der Waals surface area contributed by atoms with E-state index in [0.717, 1.165) is 11.1 Å². The molecule has 0 fully saturated rings. The Bertz CT molecular complexity index is 552. The third kappa shape index (κ3) is 2.48. The molecule has 0 spiro atoms. The molecule has 0 amide bonds. The van der Waals surface area contributed by atoms with Crippen molar-refractivity contribution in [2.75, 3.05) is 0 Å². The number of halogens is 2. The van der Waals surface area contributed by atoms with Crippen LogP contribution in [0.3, 0.4) is 0 Å². The number of benzene rings is 2. The van der Waals surface area contributed by atoms with Gasteiger partial charge in [0.05, 0.1) is 0 Å². The maximum absolute atomic E-state index is 13.5.